The molecule has 2 heteroatoms. The number of hydrogen-bond donors (Lipinski definition) is 1. The highest BCUT2D eigenvalue weighted by molar-refractivity contribution is 6.30. The van der Waals surface area contributed by atoms with Gasteiger partial charge in [0, 0.05) is 27.1 Å². The van der Waals surface area contributed by atoms with Crippen LogP contribution in [-0.4, -0.2) is 5.11 Å². The Morgan fingerprint density at radius 2 is 0.820 bits per heavy atom. The quantitative estimate of drug-likeness (QED) is 0.199. The number of rotatable bonds is 4. The summed E-state index contributed by atoms with van der Waals surface area (Å²) in [5, 5.41) is 19.6. The van der Waals surface area contributed by atoms with Crippen LogP contribution in [0.2, 0.25) is 5.02 Å². The van der Waals surface area contributed by atoms with Crippen molar-refractivity contribution >= 4 is 33.1 Å². The molecule has 0 atom stereocenters. The van der Waals surface area contributed by atoms with Gasteiger partial charge in [-0.1, -0.05) is 171 Å². The molecule has 1 N–H and O–H groups in total. The van der Waals surface area contributed by atoms with E-state index in [0.29, 0.717) is 5.02 Å². The van der Waals surface area contributed by atoms with Crippen molar-refractivity contribution in [1.82, 2.24) is 0 Å². The Bertz CT molecular complexity index is 2460. The summed E-state index contributed by atoms with van der Waals surface area (Å²) >= 11 is 6.39. The molecular weight excluding hydrogens is 628 g/mol. The lowest BCUT2D eigenvalue weighted by Crippen LogP contribution is -2.42. The van der Waals surface area contributed by atoms with E-state index in [4.69, 9.17) is 11.6 Å². The highest BCUT2D eigenvalue weighted by Crippen LogP contribution is 2.57. The number of benzene rings is 8. The van der Waals surface area contributed by atoms with Crippen LogP contribution in [0.3, 0.4) is 0 Å². The summed E-state index contributed by atoms with van der Waals surface area (Å²) < 4.78 is 0. The van der Waals surface area contributed by atoms with Gasteiger partial charge in [-0.25, -0.2) is 0 Å². The van der Waals surface area contributed by atoms with E-state index in [9.17, 15) is 5.11 Å². The fraction of sp³-hybridized carbons (Fsp3) is 0.0833. The molecule has 0 unspecified atom stereocenters. The normalized spacial score (nSPS) is 14.3. The first-order valence-corrected chi connectivity index (χ1v) is 17.6. The molecule has 0 radical (unpaired) electrons. The van der Waals surface area contributed by atoms with Gasteiger partial charge in [-0.15, -0.1) is 0 Å². The van der Waals surface area contributed by atoms with Crippen LogP contribution in [0.15, 0.2) is 170 Å². The molecule has 240 valence electrons. The highest BCUT2D eigenvalue weighted by atomic mass is 35.5. The zero-order valence-corrected chi connectivity index (χ0v) is 28.7. The summed E-state index contributed by atoms with van der Waals surface area (Å²) in [4.78, 5) is 0. The van der Waals surface area contributed by atoms with E-state index >= 15 is 0 Å². The second kappa shape index (κ2) is 11.6. The van der Waals surface area contributed by atoms with Crippen molar-refractivity contribution < 1.29 is 5.11 Å². The van der Waals surface area contributed by atoms with Crippen LogP contribution >= 0.6 is 11.6 Å². The minimum atomic E-state index is -1.53. The number of aliphatic hydroxyl groups is 1. The summed E-state index contributed by atoms with van der Waals surface area (Å²) in [5.74, 6) is 0. The Kier molecular flexibility index (Phi) is 7.07. The van der Waals surface area contributed by atoms with E-state index in [1.54, 1.807) is 0 Å². The predicted molar refractivity (Wildman–Crippen MR) is 210 cm³/mol. The van der Waals surface area contributed by atoms with Crippen LogP contribution in [0.4, 0.5) is 0 Å². The van der Waals surface area contributed by atoms with Crippen LogP contribution in [0, 0.1) is 0 Å². The monoisotopic (exact) mass is 662 g/mol. The molecule has 1 nitrogen and oxygen atoms in total. The minimum Gasteiger partial charge on any atom is -0.376 e. The third kappa shape index (κ3) is 4.66. The van der Waals surface area contributed by atoms with E-state index in [2.05, 4.69) is 153 Å². The molecule has 0 heterocycles. The Morgan fingerprint density at radius 3 is 1.36 bits per heavy atom. The summed E-state index contributed by atoms with van der Waals surface area (Å²) in [6, 6.07) is 59.5. The molecule has 0 aliphatic heterocycles. The predicted octanol–water partition coefficient (Wildman–Crippen LogP) is 12.6. The summed E-state index contributed by atoms with van der Waals surface area (Å²) in [7, 11) is 0. The highest BCUT2D eigenvalue weighted by Gasteiger charge is 2.50. The minimum absolute atomic E-state index is 0.411. The third-order valence-electron chi connectivity index (χ3n) is 10.8. The van der Waals surface area contributed by atoms with Crippen LogP contribution in [-0.2, 0) is 11.0 Å². The molecule has 9 rings (SSSR count). The van der Waals surface area contributed by atoms with E-state index in [0.717, 1.165) is 61.2 Å². The molecular formula is C48H35ClO. The fourth-order valence-electron chi connectivity index (χ4n) is 8.34. The van der Waals surface area contributed by atoms with Gasteiger partial charge in [-0.2, -0.15) is 0 Å². The molecule has 0 saturated carbocycles. The van der Waals surface area contributed by atoms with Crippen molar-refractivity contribution in [2.45, 2.75) is 24.9 Å². The second-order valence-electron chi connectivity index (χ2n) is 14.0. The molecule has 0 saturated heterocycles. The van der Waals surface area contributed by atoms with Crippen molar-refractivity contribution in [3.63, 3.8) is 0 Å². The Labute approximate surface area is 298 Å². The Balaban J connectivity index is 1.42. The van der Waals surface area contributed by atoms with Crippen LogP contribution in [0.25, 0.3) is 54.9 Å². The SMILES string of the molecule is CC1(C)c2cccc(-c3ccc4ccccc4c3)c2C(O)(c2ccccc2-c2ccc(Cl)cc2)c2c(-c3ccc4ccccc4c3)cccc21. The van der Waals surface area contributed by atoms with Gasteiger partial charge in [-0.05, 0) is 90.3 Å². The first-order valence-electron chi connectivity index (χ1n) is 17.2. The first-order chi connectivity index (χ1) is 24.3. The van der Waals surface area contributed by atoms with Crippen LogP contribution in [0.1, 0.15) is 41.7 Å². The topological polar surface area (TPSA) is 20.2 Å². The lowest BCUT2D eigenvalue weighted by molar-refractivity contribution is 0.119. The molecule has 50 heavy (non-hydrogen) atoms. The van der Waals surface area contributed by atoms with Gasteiger partial charge < -0.3 is 5.11 Å². The summed E-state index contributed by atoms with van der Waals surface area (Å²) in [6.07, 6.45) is 0. The molecule has 0 fully saturated rings. The van der Waals surface area contributed by atoms with Gasteiger partial charge in [-0.3, -0.25) is 0 Å². The molecule has 0 spiro atoms. The average molecular weight is 663 g/mol. The van der Waals surface area contributed by atoms with Gasteiger partial charge in [0.15, 0.2) is 0 Å². The van der Waals surface area contributed by atoms with Crippen molar-refractivity contribution in [3.8, 4) is 33.4 Å². The molecule has 1 aliphatic rings. The maximum Gasteiger partial charge on any atom is 0.142 e. The van der Waals surface area contributed by atoms with Crippen LogP contribution in [0.5, 0.6) is 0 Å². The molecule has 1 aliphatic carbocycles. The standard InChI is InChI=1S/C48H35ClO/c1-47(2)43-19-9-16-40(36-23-21-31-11-3-5-13-34(31)29-36)45(43)48(50,42-18-8-7-15-39(42)33-25-27-38(49)28-26-33)46-41(17-10-20-44(46)47)37-24-22-32-12-4-6-14-35(32)30-37/h3-30,50H,1-2H3. The molecule has 0 aromatic heterocycles. The van der Waals surface area contributed by atoms with Crippen molar-refractivity contribution in [1.29, 1.82) is 0 Å². The maximum absolute atomic E-state index is 14.3. The number of halogens is 1. The van der Waals surface area contributed by atoms with E-state index in [1.165, 1.54) is 21.5 Å². The van der Waals surface area contributed by atoms with Crippen molar-refractivity contribution in [2.75, 3.05) is 0 Å². The van der Waals surface area contributed by atoms with Gasteiger partial charge in [0.05, 0.1) is 0 Å². The molecule has 0 amide bonds. The van der Waals surface area contributed by atoms with E-state index < -0.39 is 11.0 Å². The summed E-state index contributed by atoms with van der Waals surface area (Å²) in [6.45, 7) is 4.59. The zero-order chi connectivity index (χ0) is 34.0. The average Bonchev–Trinajstić information content (AvgIpc) is 3.16. The smallest absolute Gasteiger partial charge is 0.142 e. The summed E-state index contributed by atoms with van der Waals surface area (Å²) in [5.41, 5.74) is 9.11. The lowest BCUT2D eigenvalue weighted by Gasteiger charge is -2.47. The number of fused-ring (bicyclic) bond motifs is 4. The molecule has 8 aromatic carbocycles. The van der Waals surface area contributed by atoms with Crippen molar-refractivity contribution in [2.24, 2.45) is 0 Å². The third-order valence-corrected chi connectivity index (χ3v) is 11.0. The van der Waals surface area contributed by atoms with Crippen LogP contribution < -0.4 is 0 Å². The number of hydrogen-bond acceptors (Lipinski definition) is 1. The largest absolute Gasteiger partial charge is 0.376 e. The van der Waals surface area contributed by atoms with Gasteiger partial charge in [0.25, 0.3) is 0 Å². The second-order valence-corrected chi connectivity index (χ2v) is 14.4. The Morgan fingerprint density at radius 1 is 0.400 bits per heavy atom. The van der Waals surface area contributed by atoms with E-state index in [1.807, 2.05) is 30.3 Å². The van der Waals surface area contributed by atoms with Crippen molar-refractivity contribution in [3.05, 3.63) is 203 Å². The fourth-order valence-corrected chi connectivity index (χ4v) is 8.47. The molecule has 8 aromatic rings. The van der Waals surface area contributed by atoms with E-state index in [-0.39, 0.29) is 0 Å². The van der Waals surface area contributed by atoms with Gasteiger partial charge in [0.2, 0.25) is 0 Å². The molecule has 0 bridgehead atoms. The first kappa shape index (κ1) is 30.6. The van der Waals surface area contributed by atoms with Gasteiger partial charge in [0.1, 0.15) is 5.60 Å². The maximum atomic E-state index is 14.3. The van der Waals surface area contributed by atoms with Gasteiger partial charge >= 0.3 is 0 Å². The zero-order valence-electron chi connectivity index (χ0n) is 28.0. The Hall–Kier alpha value is -5.47. The lowest BCUT2D eigenvalue weighted by atomic mass is 9.58.